The summed E-state index contributed by atoms with van der Waals surface area (Å²) in [6.45, 7) is 0. The Balaban J connectivity index is 2.11. The minimum Gasteiger partial charge on any atom is -0.327 e. The number of hydrogen-bond acceptors (Lipinski definition) is 1. The van der Waals surface area contributed by atoms with Gasteiger partial charge in [-0.05, 0) is 30.5 Å². The van der Waals surface area contributed by atoms with Gasteiger partial charge in [0.05, 0.1) is 0 Å². The summed E-state index contributed by atoms with van der Waals surface area (Å²) in [6.07, 6.45) is 1.18. The molecule has 0 spiro atoms. The van der Waals surface area contributed by atoms with E-state index in [0.29, 0.717) is 29.3 Å². The summed E-state index contributed by atoms with van der Waals surface area (Å²) < 4.78 is 14.0. The van der Waals surface area contributed by atoms with Crippen LogP contribution in [0.1, 0.15) is 18.4 Å². The predicted molar refractivity (Wildman–Crippen MR) is 61.2 cm³/mol. The zero-order valence-electron chi connectivity index (χ0n) is 8.14. The van der Waals surface area contributed by atoms with Crippen molar-refractivity contribution in [3.63, 3.8) is 0 Å². The molecule has 0 aliphatic heterocycles. The van der Waals surface area contributed by atoms with Crippen molar-refractivity contribution in [3.8, 4) is 0 Å². The van der Waals surface area contributed by atoms with Crippen LogP contribution < -0.4 is 5.73 Å². The molecule has 0 bridgehead atoms. The highest BCUT2D eigenvalue weighted by atomic mass is 35.5. The molecule has 0 radical (unpaired) electrons. The lowest BCUT2D eigenvalue weighted by Gasteiger charge is -2.39. The normalized spacial score (nSPS) is 30.0. The van der Waals surface area contributed by atoms with Gasteiger partial charge in [0.1, 0.15) is 5.67 Å². The van der Waals surface area contributed by atoms with Gasteiger partial charge in [0, 0.05) is 22.5 Å². The minimum absolute atomic E-state index is 0.000996. The molecule has 1 saturated carbocycles. The van der Waals surface area contributed by atoms with Gasteiger partial charge < -0.3 is 5.73 Å². The fourth-order valence-electron chi connectivity index (χ4n) is 2.03. The van der Waals surface area contributed by atoms with Gasteiger partial charge in [-0.15, -0.1) is 0 Å². The minimum atomic E-state index is -1.17. The first-order valence-electron chi connectivity index (χ1n) is 4.87. The van der Waals surface area contributed by atoms with Gasteiger partial charge in [-0.25, -0.2) is 4.39 Å². The summed E-state index contributed by atoms with van der Waals surface area (Å²) in [5, 5.41) is 1.10. The average Bonchev–Trinajstić information content (AvgIpc) is 2.08. The number of alkyl halides is 1. The van der Waals surface area contributed by atoms with E-state index in [1.54, 1.807) is 18.2 Å². The van der Waals surface area contributed by atoms with Crippen LogP contribution in [-0.2, 0) is 6.42 Å². The molecule has 1 aromatic rings. The Morgan fingerprint density at radius 3 is 2.60 bits per heavy atom. The molecule has 1 aromatic carbocycles. The molecule has 2 N–H and O–H groups in total. The van der Waals surface area contributed by atoms with Gasteiger partial charge in [0.25, 0.3) is 0 Å². The predicted octanol–water partition coefficient (Wildman–Crippen LogP) is 3.37. The number of hydrogen-bond donors (Lipinski definition) is 1. The van der Waals surface area contributed by atoms with Crippen LogP contribution in [0.25, 0.3) is 0 Å². The second-order valence-electron chi connectivity index (χ2n) is 4.23. The molecule has 4 heteroatoms. The van der Waals surface area contributed by atoms with Crippen LogP contribution >= 0.6 is 23.2 Å². The third-order valence-electron chi connectivity index (χ3n) is 2.78. The molecule has 0 aromatic heterocycles. The van der Waals surface area contributed by atoms with E-state index in [2.05, 4.69) is 0 Å². The SMILES string of the molecule is NC1CC(F)(Cc2ccc(Cl)cc2Cl)C1. The van der Waals surface area contributed by atoms with Crippen molar-refractivity contribution in [2.24, 2.45) is 5.73 Å². The topological polar surface area (TPSA) is 26.0 Å². The zero-order chi connectivity index (χ0) is 11.1. The van der Waals surface area contributed by atoms with Crippen molar-refractivity contribution in [1.29, 1.82) is 0 Å². The second-order valence-corrected chi connectivity index (χ2v) is 5.08. The van der Waals surface area contributed by atoms with Gasteiger partial charge in [0.2, 0.25) is 0 Å². The van der Waals surface area contributed by atoms with Crippen LogP contribution in [0.3, 0.4) is 0 Å². The summed E-state index contributed by atoms with van der Waals surface area (Å²) in [5.74, 6) is 0. The fraction of sp³-hybridized carbons (Fsp3) is 0.455. The van der Waals surface area contributed by atoms with Crippen LogP contribution in [-0.4, -0.2) is 11.7 Å². The second kappa shape index (κ2) is 3.93. The van der Waals surface area contributed by atoms with Crippen LogP contribution in [0.4, 0.5) is 4.39 Å². The molecule has 0 atom stereocenters. The van der Waals surface area contributed by atoms with Crippen LogP contribution in [0, 0.1) is 0 Å². The first-order valence-corrected chi connectivity index (χ1v) is 5.62. The van der Waals surface area contributed by atoms with Gasteiger partial charge in [0.15, 0.2) is 0 Å². The summed E-state index contributed by atoms with van der Waals surface area (Å²) in [6, 6.07) is 5.14. The molecular weight excluding hydrogens is 236 g/mol. The lowest BCUT2D eigenvalue weighted by molar-refractivity contribution is 0.0445. The molecule has 1 fully saturated rings. The Labute approximate surface area is 98.4 Å². The molecule has 82 valence electrons. The maximum absolute atomic E-state index is 14.0. The summed E-state index contributed by atoms with van der Waals surface area (Å²) in [4.78, 5) is 0. The van der Waals surface area contributed by atoms with E-state index in [4.69, 9.17) is 28.9 Å². The summed E-state index contributed by atoms with van der Waals surface area (Å²) >= 11 is 11.7. The Hall–Kier alpha value is -0.310. The highest BCUT2D eigenvalue weighted by molar-refractivity contribution is 6.35. The van der Waals surface area contributed by atoms with Crippen molar-refractivity contribution in [3.05, 3.63) is 33.8 Å². The fourth-order valence-corrected chi connectivity index (χ4v) is 2.51. The van der Waals surface area contributed by atoms with Gasteiger partial charge in [-0.1, -0.05) is 29.3 Å². The Bertz CT molecular complexity index is 375. The molecule has 1 nitrogen and oxygen atoms in total. The Morgan fingerprint density at radius 2 is 2.07 bits per heavy atom. The van der Waals surface area contributed by atoms with Gasteiger partial charge >= 0.3 is 0 Å². The lowest BCUT2D eigenvalue weighted by atomic mass is 9.74. The van der Waals surface area contributed by atoms with Crippen molar-refractivity contribution in [2.45, 2.75) is 31.0 Å². The first kappa shape index (κ1) is 11.2. The third kappa shape index (κ3) is 2.44. The van der Waals surface area contributed by atoms with Crippen LogP contribution in [0.2, 0.25) is 10.0 Å². The monoisotopic (exact) mass is 247 g/mol. The first-order chi connectivity index (χ1) is 6.98. The molecule has 15 heavy (non-hydrogen) atoms. The van der Waals surface area contributed by atoms with Crippen molar-refractivity contribution < 1.29 is 4.39 Å². The molecular formula is C11H12Cl2FN. The quantitative estimate of drug-likeness (QED) is 0.853. The van der Waals surface area contributed by atoms with Crippen LogP contribution in [0.5, 0.6) is 0 Å². The molecule has 0 unspecified atom stereocenters. The van der Waals surface area contributed by atoms with Gasteiger partial charge in [-0.3, -0.25) is 0 Å². The van der Waals surface area contributed by atoms with Gasteiger partial charge in [-0.2, -0.15) is 0 Å². The zero-order valence-corrected chi connectivity index (χ0v) is 9.65. The summed E-state index contributed by atoms with van der Waals surface area (Å²) in [5.41, 5.74) is 5.21. The number of nitrogens with two attached hydrogens (primary N) is 1. The van der Waals surface area contributed by atoms with E-state index >= 15 is 0 Å². The molecule has 0 saturated heterocycles. The third-order valence-corrected chi connectivity index (χ3v) is 3.37. The maximum Gasteiger partial charge on any atom is 0.118 e. The summed E-state index contributed by atoms with van der Waals surface area (Å²) in [7, 11) is 0. The molecule has 0 heterocycles. The average molecular weight is 248 g/mol. The molecule has 0 amide bonds. The van der Waals surface area contributed by atoms with Crippen molar-refractivity contribution in [1.82, 2.24) is 0 Å². The Morgan fingerprint density at radius 1 is 1.40 bits per heavy atom. The van der Waals surface area contributed by atoms with Crippen molar-refractivity contribution in [2.75, 3.05) is 0 Å². The van der Waals surface area contributed by atoms with E-state index in [1.807, 2.05) is 0 Å². The number of benzene rings is 1. The van der Waals surface area contributed by atoms with E-state index in [-0.39, 0.29) is 6.04 Å². The standard InChI is InChI=1S/C11H12Cl2FN/c12-8-2-1-7(10(13)3-8)4-11(14)5-9(15)6-11/h1-3,9H,4-6,15H2. The van der Waals surface area contributed by atoms with Crippen LogP contribution in [0.15, 0.2) is 18.2 Å². The molecule has 1 aliphatic rings. The van der Waals surface area contributed by atoms with E-state index in [1.165, 1.54) is 0 Å². The Kier molecular flexibility index (Phi) is 2.93. The maximum atomic E-state index is 14.0. The van der Waals surface area contributed by atoms with E-state index < -0.39 is 5.67 Å². The lowest BCUT2D eigenvalue weighted by Crippen LogP contribution is -2.49. The largest absolute Gasteiger partial charge is 0.327 e. The smallest absolute Gasteiger partial charge is 0.118 e. The van der Waals surface area contributed by atoms with Crippen molar-refractivity contribution >= 4 is 23.2 Å². The highest BCUT2D eigenvalue weighted by Gasteiger charge is 2.43. The number of rotatable bonds is 2. The van der Waals surface area contributed by atoms with E-state index in [9.17, 15) is 4.39 Å². The number of halogens is 3. The highest BCUT2D eigenvalue weighted by Crippen LogP contribution is 2.39. The molecule has 1 aliphatic carbocycles. The molecule has 2 rings (SSSR count). The van der Waals surface area contributed by atoms with E-state index in [0.717, 1.165) is 5.56 Å².